The summed E-state index contributed by atoms with van der Waals surface area (Å²) in [4.78, 5) is 10.7. The number of carbonyl (C=O) groups is 1. The van der Waals surface area contributed by atoms with Gasteiger partial charge in [-0.05, 0) is 25.3 Å². The van der Waals surface area contributed by atoms with Gasteiger partial charge in [-0.15, -0.1) is 0 Å². The minimum absolute atomic E-state index is 0.200. The quantitative estimate of drug-likeness (QED) is 0.828. The number of nitrogens with one attached hydrogen (secondary N) is 1. The van der Waals surface area contributed by atoms with E-state index in [1.54, 1.807) is 6.07 Å². The molecule has 2 saturated heterocycles. The number of furan rings is 1. The molecule has 0 spiro atoms. The first-order valence-corrected chi connectivity index (χ1v) is 5.92. The molecule has 92 valence electrons. The zero-order valence-corrected chi connectivity index (χ0v) is 9.39. The number of fused-ring (bicyclic) bond motifs is 2. The van der Waals surface area contributed by atoms with Gasteiger partial charge in [0.05, 0.1) is 24.3 Å². The summed E-state index contributed by atoms with van der Waals surface area (Å²) < 4.78 is 10.9. The lowest BCUT2D eigenvalue weighted by Crippen LogP contribution is -2.36. The zero-order valence-electron chi connectivity index (χ0n) is 9.39. The first-order chi connectivity index (χ1) is 8.22. The molecule has 1 aromatic heterocycles. The molecule has 0 amide bonds. The van der Waals surface area contributed by atoms with Crippen LogP contribution in [-0.2, 0) is 11.3 Å². The van der Waals surface area contributed by atoms with E-state index in [2.05, 4.69) is 5.32 Å². The Morgan fingerprint density at radius 3 is 3.00 bits per heavy atom. The van der Waals surface area contributed by atoms with Crippen LogP contribution in [0.2, 0.25) is 0 Å². The van der Waals surface area contributed by atoms with Gasteiger partial charge in [0.15, 0.2) is 0 Å². The highest BCUT2D eigenvalue weighted by Crippen LogP contribution is 2.34. The molecule has 3 unspecified atom stereocenters. The van der Waals surface area contributed by atoms with Gasteiger partial charge >= 0.3 is 5.97 Å². The van der Waals surface area contributed by atoms with E-state index in [1.807, 2.05) is 0 Å². The van der Waals surface area contributed by atoms with E-state index in [0.29, 0.717) is 30.6 Å². The molecule has 17 heavy (non-hydrogen) atoms. The van der Waals surface area contributed by atoms with E-state index in [9.17, 15) is 4.79 Å². The second-order valence-electron chi connectivity index (χ2n) is 4.70. The number of rotatable bonds is 4. The molecule has 2 aliphatic heterocycles. The summed E-state index contributed by atoms with van der Waals surface area (Å²) in [5.74, 6) is -0.298. The summed E-state index contributed by atoms with van der Waals surface area (Å²) in [6.45, 7) is 0.560. The molecule has 0 radical (unpaired) electrons. The molecule has 5 nitrogen and oxygen atoms in total. The Hall–Kier alpha value is -1.33. The number of carboxylic acids is 1. The molecule has 2 N–H and O–H groups in total. The second-order valence-corrected chi connectivity index (χ2v) is 4.70. The molecule has 5 heteroatoms. The summed E-state index contributed by atoms with van der Waals surface area (Å²) in [6.07, 6.45) is 5.37. The fourth-order valence-electron chi connectivity index (χ4n) is 2.67. The van der Waals surface area contributed by atoms with Crippen LogP contribution in [0.4, 0.5) is 0 Å². The van der Waals surface area contributed by atoms with Crippen LogP contribution in [0, 0.1) is 0 Å². The molecule has 3 atom stereocenters. The van der Waals surface area contributed by atoms with Gasteiger partial charge in [-0.2, -0.15) is 0 Å². The highest BCUT2D eigenvalue weighted by atomic mass is 16.5. The van der Waals surface area contributed by atoms with Crippen LogP contribution in [-0.4, -0.2) is 29.3 Å². The Labute approximate surface area is 98.8 Å². The second kappa shape index (κ2) is 4.16. The molecule has 2 aliphatic rings. The fourth-order valence-corrected chi connectivity index (χ4v) is 2.67. The first-order valence-electron chi connectivity index (χ1n) is 5.92. The molecule has 0 aliphatic carbocycles. The van der Waals surface area contributed by atoms with Crippen molar-refractivity contribution in [1.82, 2.24) is 5.32 Å². The van der Waals surface area contributed by atoms with E-state index < -0.39 is 5.97 Å². The molecule has 0 aromatic carbocycles. The van der Waals surface area contributed by atoms with E-state index in [1.165, 1.54) is 12.7 Å². The smallest absolute Gasteiger partial charge is 0.338 e. The van der Waals surface area contributed by atoms with Gasteiger partial charge in [-0.25, -0.2) is 4.79 Å². The number of carboxylic acid groups (broad SMARTS) is 1. The number of ether oxygens (including phenoxy) is 1. The maximum atomic E-state index is 10.7. The van der Waals surface area contributed by atoms with E-state index in [-0.39, 0.29) is 5.56 Å². The van der Waals surface area contributed by atoms with Crippen LogP contribution in [0.25, 0.3) is 0 Å². The van der Waals surface area contributed by atoms with Gasteiger partial charge in [0.1, 0.15) is 12.0 Å². The van der Waals surface area contributed by atoms with Gasteiger partial charge < -0.3 is 19.6 Å². The predicted octanol–water partition coefficient (Wildman–Crippen LogP) is 1.39. The average molecular weight is 237 g/mol. The minimum Gasteiger partial charge on any atom is -0.478 e. The van der Waals surface area contributed by atoms with Crippen molar-refractivity contribution in [1.29, 1.82) is 0 Å². The lowest BCUT2D eigenvalue weighted by molar-refractivity contribution is 0.0696. The molecule has 0 saturated carbocycles. The Morgan fingerprint density at radius 2 is 2.41 bits per heavy atom. The summed E-state index contributed by atoms with van der Waals surface area (Å²) in [5.41, 5.74) is 0.200. The third-order valence-corrected chi connectivity index (χ3v) is 3.55. The van der Waals surface area contributed by atoms with Crippen LogP contribution < -0.4 is 5.32 Å². The largest absolute Gasteiger partial charge is 0.478 e. The number of hydrogen-bond acceptors (Lipinski definition) is 4. The number of hydrogen-bond donors (Lipinski definition) is 2. The Bertz CT molecular complexity index is 428. The molecule has 1 aromatic rings. The van der Waals surface area contributed by atoms with Gasteiger partial charge in [-0.1, -0.05) is 0 Å². The van der Waals surface area contributed by atoms with Crippen LogP contribution in [0.15, 0.2) is 16.7 Å². The summed E-state index contributed by atoms with van der Waals surface area (Å²) in [5, 5.41) is 12.1. The summed E-state index contributed by atoms with van der Waals surface area (Å²) in [7, 11) is 0. The van der Waals surface area contributed by atoms with Gasteiger partial charge in [0.2, 0.25) is 0 Å². The van der Waals surface area contributed by atoms with Gasteiger partial charge in [-0.3, -0.25) is 0 Å². The maximum absolute atomic E-state index is 10.7. The average Bonchev–Trinajstić information content (AvgIpc) is 3.02. The molecule has 3 rings (SSSR count). The van der Waals surface area contributed by atoms with Crippen LogP contribution >= 0.6 is 0 Å². The maximum Gasteiger partial charge on any atom is 0.338 e. The standard InChI is InChI=1S/C12H15NO4/c14-12(15)7-3-9(16-6-7)5-13-10-4-8-1-2-11(10)17-8/h3,6,8,10-11,13H,1-2,4-5H2,(H,14,15). The summed E-state index contributed by atoms with van der Waals surface area (Å²) >= 11 is 0. The Kier molecular flexibility index (Phi) is 2.64. The van der Waals surface area contributed by atoms with Gasteiger partial charge in [0, 0.05) is 6.04 Å². The third kappa shape index (κ3) is 2.08. The lowest BCUT2D eigenvalue weighted by Gasteiger charge is -2.19. The van der Waals surface area contributed by atoms with E-state index >= 15 is 0 Å². The Morgan fingerprint density at radius 1 is 1.53 bits per heavy atom. The van der Waals surface area contributed by atoms with Crippen LogP contribution in [0.3, 0.4) is 0 Å². The van der Waals surface area contributed by atoms with Crippen molar-refractivity contribution in [2.24, 2.45) is 0 Å². The molecular weight excluding hydrogens is 222 g/mol. The van der Waals surface area contributed by atoms with E-state index in [4.69, 9.17) is 14.3 Å². The van der Waals surface area contributed by atoms with Crippen molar-refractivity contribution in [2.75, 3.05) is 0 Å². The molecule has 3 heterocycles. The van der Waals surface area contributed by atoms with Crippen molar-refractivity contribution < 1.29 is 19.1 Å². The predicted molar refractivity (Wildman–Crippen MR) is 58.8 cm³/mol. The fraction of sp³-hybridized carbons (Fsp3) is 0.583. The minimum atomic E-state index is -0.955. The van der Waals surface area contributed by atoms with Crippen molar-refractivity contribution in [3.8, 4) is 0 Å². The van der Waals surface area contributed by atoms with Crippen molar-refractivity contribution in [2.45, 2.75) is 44.1 Å². The van der Waals surface area contributed by atoms with Crippen molar-refractivity contribution in [3.63, 3.8) is 0 Å². The Balaban J connectivity index is 1.55. The van der Waals surface area contributed by atoms with Crippen molar-refractivity contribution in [3.05, 3.63) is 23.7 Å². The third-order valence-electron chi connectivity index (χ3n) is 3.55. The lowest BCUT2D eigenvalue weighted by atomic mass is 9.95. The molecular formula is C12H15NO4. The normalized spacial score (nSPS) is 30.9. The zero-order chi connectivity index (χ0) is 11.8. The SMILES string of the molecule is O=C(O)c1coc(CNC2CC3CCC2O3)c1. The van der Waals surface area contributed by atoms with Crippen molar-refractivity contribution >= 4 is 5.97 Å². The van der Waals surface area contributed by atoms with Gasteiger partial charge in [0.25, 0.3) is 0 Å². The van der Waals surface area contributed by atoms with E-state index in [0.717, 1.165) is 12.8 Å². The first kappa shape index (κ1) is 10.8. The topological polar surface area (TPSA) is 71.7 Å². The van der Waals surface area contributed by atoms with Crippen LogP contribution in [0.5, 0.6) is 0 Å². The summed E-state index contributed by atoms with van der Waals surface area (Å²) in [6, 6.07) is 1.94. The highest BCUT2D eigenvalue weighted by molar-refractivity contribution is 5.87. The number of aromatic carboxylic acids is 1. The molecule has 2 fully saturated rings. The van der Waals surface area contributed by atoms with Crippen LogP contribution in [0.1, 0.15) is 35.4 Å². The highest BCUT2D eigenvalue weighted by Gasteiger charge is 2.40. The monoisotopic (exact) mass is 237 g/mol. The molecule has 2 bridgehead atoms.